The van der Waals surface area contributed by atoms with Crippen LogP contribution in [-0.4, -0.2) is 19.6 Å². The van der Waals surface area contributed by atoms with Gasteiger partial charge in [0.1, 0.15) is 0 Å². The number of anilines is 1. The van der Waals surface area contributed by atoms with Crippen molar-refractivity contribution in [2.24, 2.45) is 11.3 Å². The molecule has 1 aliphatic rings. The van der Waals surface area contributed by atoms with Gasteiger partial charge in [-0.25, -0.2) is 0 Å². The molecule has 2 rings (SSSR count). The van der Waals surface area contributed by atoms with Crippen molar-refractivity contribution in [2.75, 3.05) is 24.5 Å². The highest BCUT2D eigenvalue weighted by molar-refractivity contribution is 5.55. The molecule has 1 N–H and O–H groups in total. The fraction of sp³-hybridized carbons (Fsp3) is 0.684. The molecule has 118 valence electrons. The Hall–Kier alpha value is -1.02. The first-order valence-corrected chi connectivity index (χ1v) is 8.47. The van der Waals surface area contributed by atoms with E-state index in [4.69, 9.17) is 0 Å². The Labute approximate surface area is 130 Å². The van der Waals surface area contributed by atoms with Gasteiger partial charge >= 0.3 is 0 Å². The maximum absolute atomic E-state index is 3.48. The van der Waals surface area contributed by atoms with E-state index in [1.54, 1.807) is 0 Å². The van der Waals surface area contributed by atoms with Crippen molar-refractivity contribution >= 4 is 5.69 Å². The van der Waals surface area contributed by atoms with Gasteiger partial charge in [-0.1, -0.05) is 45.4 Å². The van der Waals surface area contributed by atoms with E-state index in [1.165, 1.54) is 42.7 Å². The van der Waals surface area contributed by atoms with Gasteiger partial charge in [-0.15, -0.1) is 0 Å². The summed E-state index contributed by atoms with van der Waals surface area (Å²) in [7, 11) is 0. The average Bonchev–Trinajstić information content (AvgIpc) is 2.44. The molecule has 0 atom stereocenters. The molecule has 1 aromatic rings. The molecule has 0 saturated carbocycles. The van der Waals surface area contributed by atoms with Crippen molar-refractivity contribution in [2.45, 2.75) is 54.0 Å². The minimum atomic E-state index is 0.450. The Balaban J connectivity index is 2.09. The third kappa shape index (κ3) is 4.23. The molecule has 1 saturated heterocycles. The second kappa shape index (κ2) is 6.83. The zero-order valence-electron chi connectivity index (χ0n) is 14.5. The highest BCUT2D eigenvalue weighted by Gasteiger charge is 2.29. The van der Waals surface area contributed by atoms with Crippen LogP contribution in [0.1, 0.15) is 51.7 Å². The first-order valence-electron chi connectivity index (χ1n) is 8.47. The smallest absolute Gasteiger partial charge is 0.0412 e. The van der Waals surface area contributed by atoms with Crippen LogP contribution in [0.5, 0.6) is 0 Å². The molecular formula is C19H32N2. The molecule has 0 aromatic heterocycles. The number of aryl methyl sites for hydroxylation is 1. The number of piperidine rings is 1. The lowest BCUT2D eigenvalue weighted by Crippen LogP contribution is -2.38. The third-order valence-corrected chi connectivity index (χ3v) is 4.86. The van der Waals surface area contributed by atoms with E-state index in [0.29, 0.717) is 5.41 Å². The highest BCUT2D eigenvalue weighted by atomic mass is 15.1. The van der Waals surface area contributed by atoms with Gasteiger partial charge in [0.25, 0.3) is 0 Å². The Morgan fingerprint density at radius 3 is 2.43 bits per heavy atom. The van der Waals surface area contributed by atoms with Crippen molar-refractivity contribution in [3.63, 3.8) is 0 Å². The number of nitrogens with one attached hydrogen (secondary N) is 1. The van der Waals surface area contributed by atoms with Gasteiger partial charge in [-0.3, -0.25) is 0 Å². The molecule has 2 nitrogen and oxygen atoms in total. The molecule has 0 unspecified atom stereocenters. The molecule has 1 heterocycles. The average molecular weight is 288 g/mol. The summed E-state index contributed by atoms with van der Waals surface area (Å²) < 4.78 is 0. The van der Waals surface area contributed by atoms with Crippen LogP contribution >= 0.6 is 0 Å². The zero-order chi connectivity index (χ0) is 15.5. The molecule has 0 bridgehead atoms. The predicted octanol–water partition coefficient (Wildman–Crippen LogP) is 4.37. The van der Waals surface area contributed by atoms with Crippen LogP contribution in [0, 0.1) is 18.3 Å². The van der Waals surface area contributed by atoms with Crippen LogP contribution in [-0.2, 0) is 6.54 Å². The van der Waals surface area contributed by atoms with Gasteiger partial charge in [-0.05, 0) is 49.3 Å². The molecule has 1 aromatic carbocycles. The van der Waals surface area contributed by atoms with Gasteiger partial charge in [0.2, 0.25) is 0 Å². The third-order valence-electron chi connectivity index (χ3n) is 4.86. The minimum absolute atomic E-state index is 0.450. The molecule has 21 heavy (non-hydrogen) atoms. The zero-order valence-corrected chi connectivity index (χ0v) is 14.5. The summed E-state index contributed by atoms with van der Waals surface area (Å²) in [5.74, 6) is 0.858. The fourth-order valence-corrected chi connectivity index (χ4v) is 3.41. The van der Waals surface area contributed by atoms with Crippen LogP contribution in [0.15, 0.2) is 18.2 Å². The van der Waals surface area contributed by atoms with E-state index in [-0.39, 0.29) is 0 Å². The Morgan fingerprint density at radius 2 is 1.86 bits per heavy atom. The topological polar surface area (TPSA) is 15.3 Å². The van der Waals surface area contributed by atoms with Gasteiger partial charge < -0.3 is 10.2 Å². The minimum Gasteiger partial charge on any atom is -0.371 e. The number of nitrogens with zero attached hydrogens (tertiary/aromatic N) is 1. The second-order valence-corrected chi connectivity index (χ2v) is 7.54. The molecular weight excluding hydrogens is 256 g/mol. The van der Waals surface area contributed by atoms with Gasteiger partial charge in [0.15, 0.2) is 0 Å². The maximum Gasteiger partial charge on any atom is 0.0412 e. The molecule has 0 spiro atoms. The summed E-state index contributed by atoms with van der Waals surface area (Å²) in [4.78, 5) is 2.59. The Bertz CT molecular complexity index is 451. The monoisotopic (exact) mass is 288 g/mol. The lowest BCUT2D eigenvalue weighted by atomic mass is 9.75. The molecule has 0 amide bonds. The number of hydrogen-bond donors (Lipinski definition) is 1. The number of hydrogen-bond acceptors (Lipinski definition) is 2. The first kappa shape index (κ1) is 16.4. The van der Waals surface area contributed by atoms with Crippen LogP contribution in [0.4, 0.5) is 5.69 Å². The predicted molar refractivity (Wildman–Crippen MR) is 93.0 cm³/mol. The SMILES string of the molecule is CCNCc1cc(C)ccc1N1CCC(C(C)(C)C)CC1. The van der Waals surface area contributed by atoms with Crippen LogP contribution in [0.3, 0.4) is 0 Å². The first-order chi connectivity index (χ1) is 9.91. The summed E-state index contributed by atoms with van der Waals surface area (Å²) in [6.07, 6.45) is 2.63. The van der Waals surface area contributed by atoms with E-state index in [9.17, 15) is 0 Å². The normalized spacial score (nSPS) is 17.3. The number of benzene rings is 1. The summed E-state index contributed by atoms with van der Waals surface area (Å²) >= 11 is 0. The molecule has 1 aliphatic heterocycles. The molecule has 1 fully saturated rings. The van der Waals surface area contributed by atoms with Crippen molar-refractivity contribution < 1.29 is 0 Å². The van der Waals surface area contributed by atoms with Crippen LogP contribution in [0.2, 0.25) is 0 Å². The van der Waals surface area contributed by atoms with Gasteiger partial charge in [-0.2, -0.15) is 0 Å². The summed E-state index contributed by atoms with van der Waals surface area (Å²) in [5.41, 5.74) is 4.70. The van der Waals surface area contributed by atoms with Crippen molar-refractivity contribution in [1.82, 2.24) is 5.32 Å². The Kier molecular flexibility index (Phi) is 5.32. The lowest BCUT2D eigenvalue weighted by Gasteiger charge is -2.40. The Morgan fingerprint density at radius 1 is 1.19 bits per heavy atom. The molecule has 0 aliphatic carbocycles. The maximum atomic E-state index is 3.48. The van der Waals surface area contributed by atoms with Crippen LogP contribution < -0.4 is 10.2 Å². The quantitative estimate of drug-likeness (QED) is 0.885. The fourth-order valence-electron chi connectivity index (χ4n) is 3.41. The van der Waals surface area contributed by atoms with Gasteiger partial charge in [0.05, 0.1) is 0 Å². The number of rotatable bonds is 4. The summed E-state index contributed by atoms with van der Waals surface area (Å²) in [6, 6.07) is 6.91. The van der Waals surface area contributed by atoms with Crippen molar-refractivity contribution in [3.8, 4) is 0 Å². The highest BCUT2D eigenvalue weighted by Crippen LogP contribution is 2.36. The van der Waals surface area contributed by atoms with Gasteiger partial charge in [0, 0.05) is 25.3 Å². The largest absolute Gasteiger partial charge is 0.371 e. The van der Waals surface area contributed by atoms with E-state index >= 15 is 0 Å². The lowest BCUT2D eigenvalue weighted by molar-refractivity contribution is 0.199. The van der Waals surface area contributed by atoms with E-state index in [1.807, 2.05) is 0 Å². The van der Waals surface area contributed by atoms with E-state index in [0.717, 1.165) is 19.0 Å². The molecule has 2 heteroatoms. The van der Waals surface area contributed by atoms with Crippen molar-refractivity contribution in [3.05, 3.63) is 29.3 Å². The van der Waals surface area contributed by atoms with E-state index in [2.05, 4.69) is 63.0 Å². The van der Waals surface area contributed by atoms with Crippen LogP contribution in [0.25, 0.3) is 0 Å². The standard InChI is InChI=1S/C19H32N2/c1-6-20-14-16-13-15(2)7-8-18(16)21-11-9-17(10-12-21)19(3,4)5/h7-8,13,17,20H,6,9-12,14H2,1-5H3. The summed E-state index contributed by atoms with van der Waals surface area (Å²) in [6.45, 7) is 15.9. The second-order valence-electron chi connectivity index (χ2n) is 7.54. The summed E-state index contributed by atoms with van der Waals surface area (Å²) in [5, 5.41) is 3.48. The van der Waals surface area contributed by atoms with E-state index < -0.39 is 0 Å². The molecule has 0 radical (unpaired) electrons. The van der Waals surface area contributed by atoms with Crippen molar-refractivity contribution in [1.29, 1.82) is 0 Å².